The first-order valence-corrected chi connectivity index (χ1v) is 11.7. The zero-order valence-electron chi connectivity index (χ0n) is 17.5. The summed E-state index contributed by atoms with van der Waals surface area (Å²) < 4.78 is 27.7. The molecular formula is C24H25ClN2O3S. The largest absolute Gasteiger partial charge is 0.351 e. The summed E-state index contributed by atoms with van der Waals surface area (Å²) in [4.78, 5) is 12.7. The van der Waals surface area contributed by atoms with E-state index in [-0.39, 0.29) is 23.9 Å². The van der Waals surface area contributed by atoms with Crippen LogP contribution in [-0.2, 0) is 27.9 Å². The fourth-order valence-corrected chi connectivity index (χ4v) is 4.51. The van der Waals surface area contributed by atoms with Crippen molar-refractivity contribution in [3.63, 3.8) is 0 Å². The molecule has 5 nitrogen and oxygen atoms in total. The zero-order chi connectivity index (χ0) is 22.4. The number of hydrogen-bond donors (Lipinski definition) is 1. The van der Waals surface area contributed by atoms with Gasteiger partial charge in [-0.2, -0.15) is 4.31 Å². The van der Waals surface area contributed by atoms with Crippen molar-refractivity contribution in [2.45, 2.75) is 31.8 Å². The Kier molecular flexibility index (Phi) is 7.49. The molecule has 7 heteroatoms. The minimum atomic E-state index is -3.90. The summed E-state index contributed by atoms with van der Waals surface area (Å²) >= 11 is 5.91. The fourth-order valence-electron chi connectivity index (χ4n) is 3.00. The molecular weight excluding hydrogens is 432 g/mol. The number of halogens is 1. The molecule has 0 saturated heterocycles. The van der Waals surface area contributed by atoms with Crippen LogP contribution in [0.4, 0.5) is 0 Å². The zero-order valence-corrected chi connectivity index (χ0v) is 19.1. The van der Waals surface area contributed by atoms with Gasteiger partial charge in [0.2, 0.25) is 15.9 Å². The van der Waals surface area contributed by atoms with Crippen LogP contribution in [0.2, 0.25) is 5.02 Å². The third-order valence-electron chi connectivity index (χ3n) is 4.86. The van der Waals surface area contributed by atoms with Gasteiger partial charge in [0.1, 0.15) is 0 Å². The number of sulfonamides is 1. The maximum absolute atomic E-state index is 13.3. The predicted octanol–water partition coefficient (Wildman–Crippen LogP) is 4.46. The van der Waals surface area contributed by atoms with Gasteiger partial charge in [0.05, 0.1) is 11.4 Å². The maximum Gasteiger partial charge on any atom is 0.243 e. The van der Waals surface area contributed by atoms with Gasteiger partial charge in [-0.05, 0) is 49.2 Å². The normalized spacial score (nSPS) is 11.5. The quantitative estimate of drug-likeness (QED) is 0.544. The van der Waals surface area contributed by atoms with Gasteiger partial charge < -0.3 is 5.32 Å². The number of aryl methyl sites for hydroxylation is 2. The molecule has 0 aliphatic rings. The van der Waals surface area contributed by atoms with Gasteiger partial charge in [-0.1, -0.05) is 71.3 Å². The van der Waals surface area contributed by atoms with E-state index in [0.29, 0.717) is 11.6 Å². The van der Waals surface area contributed by atoms with E-state index in [0.717, 1.165) is 22.3 Å². The van der Waals surface area contributed by atoms with Gasteiger partial charge in [0.25, 0.3) is 0 Å². The number of carbonyl (C=O) groups is 1. The molecule has 0 heterocycles. The van der Waals surface area contributed by atoms with Gasteiger partial charge in [-0.3, -0.25) is 4.79 Å². The molecule has 162 valence electrons. The third kappa shape index (κ3) is 6.40. The highest BCUT2D eigenvalue weighted by atomic mass is 35.5. The predicted molar refractivity (Wildman–Crippen MR) is 123 cm³/mol. The van der Waals surface area contributed by atoms with Crippen LogP contribution in [0.5, 0.6) is 0 Å². The second-order valence-electron chi connectivity index (χ2n) is 7.47. The lowest BCUT2D eigenvalue weighted by atomic mass is 10.1. The van der Waals surface area contributed by atoms with Crippen molar-refractivity contribution < 1.29 is 13.2 Å². The second-order valence-corrected chi connectivity index (χ2v) is 9.85. The molecule has 0 aliphatic heterocycles. The average molecular weight is 457 g/mol. The SMILES string of the molecule is Cc1ccc(CNC(=O)CN(Cc2ccc(C)cc2)S(=O)(=O)c2ccc(Cl)cc2)cc1. The van der Waals surface area contributed by atoms with Crippen molar-refractivity contribution >= 4 is 27.5 Å². The van der Waals surface area contributed by atoms with Crippen LogP contribution >= 0.6 is 11.6 Å². The smallest absolute Gasteiger partial charge is 0.243 e. The van der Waals surface area contributed by atoms with E-state index >= 15 is 0 Å². The lowest BCUT2D eigenvalue weighted by molar-refractivity contribution is -0.121. The number of rotatable bonds is 8. The van der Waals surface area contributed by atoms with Crippen molar-refractivity contribution in [1.29, 1.82) is 0 Å². The van der Waals surface area contributed by atoms with Gasteiger partial charge in [0, 0.05) is 18.1 Å². The summed E-state index contributed by atoms with van der Waals surface area (Å²) in [6.07, 6.45) is 0. The Morgan fingerprint density at radius 3 is 1.90 bits per heavy atom. The molecule has 3 rings (SSSR count). The summed E-state index contributed by atoms with van der Waals surface area (Å²) in [6.45, 7) is 4.09. The molecule has 0 aliphatic carbocycles. The first kappa shape index (κ1) is 23.0. The summed E-state index contributed by atoms with van der Waals surface area (Å²) in [7, 11) is -3.90. The fraction of sp³-hybridized carbons (Fsp3) is 0.208. The van der Waals surface area contributed by atoms with Gasteiger partial charge >= 0.3 is 0 Å². The van der Waals surface area contributed by atoms with Crippen molar-refractivity contribution in [2.75, 3.05) is 6.54 Å². The van der Waals surface area contributed by atoms with Crippen LogP contribution in [-0.4, -0.2) is 25.2 Å². The van der Waals surface area contributed by atoms with E-state index in [2.05, 4.69) is 5.32 Å². The molecule has 3 aromatic rings. The summed E-state index contributed by atoms with van der Waals surface area (Å²) in [5, 5.41) is 3.25. The Hall–Kier alpha value is -2.67. The summed E-state index contributed by atoms with van der Waals surface area (Å²) in [5.74, 6) is -0.370. The number of amides is 1. The highest BCUT2D eigenvalue weighted by molar-refractivity contribution is 7.89. The van der Waals surface area contributed by atoms with E-state index in [1.165, 1.54) is 28.6 Å². The average Bonchev–Trinajstić information content (AvgIpc) is 2.74. The number of nitrogens with zero attached hydrogens (tertiary/aromatic N) is 1. The Bertz CT molecular complexity index is 1130. The molecule has 0 fully saturated rings. The molecule has 0 spiro atoms. The maximum atomic E-state index is 13.3. The third-order valence-corrected chi connectivity index (χ3v) is 6.92. The van der Waals surface area contributed by atoms with Gasteiger partial charge in [0.15, 0.2) is 0 Å². The van der Waals surface area contributed by atoms with Crippen molar-refractivity contribution in [1.82, 2.24) is 9.62 Å². The topological polar surface area (TPSA) is 66.5 Å². The van der Waals surface area contributed by atoms with Crippen LogP contribution in [0.1, 0.15) is 22.3 Å². The second kappa shape index (κ2) is 10.1. The molecule has 31 heavy (non-hydrogen) atoms. The minimum Gasteiger partial charge on any atom is -0.351 e. The van der Waals surface area contributed by atoms with Gasteiger partial charge in [-0.25, -0.2) is 8.42 Å². The first-order valence-electron chi connectivity index (χ1n) is 9.87. The molecule has 0 radical (unpaired) electrons. The Morgan fingerprint density at radius 1 is 0.839 bits per heavy atom. The Morgan fingerprint density at radius 2 is 1.35 bits per heavy atom. The van der Waals surface area contributed by atoms with Crippen molar-refractivity contribution in [2.24, 2.45) is 0 Å². The van der Waals surface area contributed by atoms with E-state index in [1.807, 2.05) is 62.4 Å². The number of carbonyl (C=O) groups excluding carboxylic acids is 1. The minimum absolute atomic E-state index is 0.0865. The highest BCUT2D eigenvalue weighted by Gasteiger charge is 2.27. The van der Waals surface area contributed by atoms with Crippen LogP contribution in [0.15, 0.2) is 77.7 Å². The van der Waals surface area contributed by atoms with E-state index in [4.69, 9.17) is 11.6 Å². The summed E-state index contributed by atoms with van der Waals surface area (Å²) in [6, 6.07) is 21.3. The van der Waals surface area contributed by atoms with E-state index in [9.17, 15) is 13.2 Å². The molecule has 0 atom stereocenters. The molecule has 0 aromatic heterocycles. The van der Waals surface area contributed by atoms with Gasteiger partial charge in [-0.15, -0.1) is 0 Å². The van der Waals surface area contributed by atoms with Crippen LogP contribution in [0, 0.1) is 13.8 Å². The summed E-state index contributed by atoms with van der Waals surface area (Å²) in [5.41, 5.74) is 3.96. The highest BCUT2D eigenvalue weighted by Crippen LogP contribution is 2.20. The van der Waals surface area contributed by atoms with Crippen LogP contribution < -0.4 is 5.32 Å². The lowest BCUT2D eigenvalue weighted by Gasteiger charge is -2.22. The van der Waals surface area contributed by atoms with E-state index < -0.39 is 10.0 Å². The number of nitrogens with one attached hydrogen (secondary N) is 1. The Labute approximate surface area is 188 Å². The first-order chi connectivity index (χ1) is 14.7. The van der Waals surface area contributed by atoms with E-state index in [1.54, 1.807) is 0 Å². The number of benzene rings is 3. The van der Waals surface area contributed by atoms with Crippen molar-refractivity contribution in [3.8, 4) is 0 Å². The molecule has 3 aromatic carbocycles. The standard InChI is InChI=1S/C24H25ClN2O3S/c1-18-3-7-20(8-4-18)15-26-24(28)17-27(16-21-9-5-19(2)6-10-21)31(29,30)23-13-11-22(25)12-14-23/h3-14H,15-17H2,1-2H3,(H,26,28). The lowest BCUT2D eigenvalue weighted by Crippen LogP contribution is -2.40. The van der Waals surface area contributed by atoms with Crippen molar-refractivity contribution in [3.05, 3.63) is 100 Å². The monoisotopic (exact) mass is 456 g/mol. The van der Waals surface area contributed by atoms with Crippen LogP contribution in [0.3, 0.4) is 0 Å². The van der Waals surface area contributed by atoms with Crippen LogP contribution in [0.25, 0.3) is 0 Å². The molecule has 0 unspecified atom stereocenters. The molecule has 1 N–H and O–H groups in total. The molecule has 1 amide bonds. The Balaban J connectivity index is 1.79. The number of hydrogen-bond acceptors (Lipinski definition) is 3. The molecule has 0 saturated carbocycles. The molecule has 0 bridgehead atoms.